The number of hydrogen-bond donors (Lipinski definition) is 0. The second kappa shape index (κ2) is 6.80. The molecule has 0 saturated carbocycles. The molecule has 6 nitrogen and oxygen atoms in total. The smallest absolute Gasteiger partial charge is 0.416 e. The molecule has 0 spiro atoms. The molecule has 0 unspecified atom stereocenters. The van der Waals surface area contributed by atoms with Crippen LogP contribution in [0.15, 0.2) is 42.5 Å². The van der Waals surface area contributed by atoms with Crippen LogP contribution in [0.5, 0.6) is 11.5 Å². The van der Waals surface area contributed by atoms with Gasteiger partial charge in [0.2, 0.25) is 0 Å². The topological polar surface area (TPSA) is 72.7 Å². The molecule has 2 aromatic rings. The molecule has 2 aromatic carbocycles. The number of amides is 1. The maximum Gasteiger partial charge on any atom is 0.416 e. The number of carbonyl (C=O) groups is 1. The minimum atomic E-state index is -4.74. The monoisotopic (exact) mass is 354 g/mol. The summed E-state index contributed by atoms with van der Waals surface area (Å²) in [6, 6.07) is 7.68. The molecule has 0 N–H and O–H groups in total. The van der Waals surface area contributed by atoms with Crippen molar-refractivity contribution in [3.63, 3.8) is 0 Å². The van der Waals surface area contributed by atoms with Gasteiger partial charge in [-0.3, -0.25) is 14.9 Å². The van der Waals surface area contributed by atoms with Gasteiger partial charge in [0.05, 0.1) is 16.6 Å². The number of benzene rings is 2. The molecule has 0 heterocycles. The molecule has 0 saturated heterocycles. The summed E-state index contributed by atoms with van der Waals surface area (Å²) in [6.45, 7) is 0. The number of nitrogens with zero attached hydrogens (tertiary/aromatic N) is 2. The molecular weight excluding hydrogens is 341 g/mol. The summed E-state index contributed by atoms with van der Waals surface area (Å²) in [5.74, 6) is -0.432. The number of alkyl halides is 3. The maximum atomic E-state index is 12.8. The normalized spacial score (nSPS) is 11.1. The summed E-state index contributed by atoms with van der Waals surface area (Å²) in [4.78, 5) is 23.0. The van der Waals surface area contributed by atoms with E-state index in [9.17, 15) is 28.1 Å². The zero-order valence-electron chi connectivity index (χ0n) is 13.2. The van der Waals surface area contributed by atoms with Crippen molar-refractivity contribution in [2.45, 2.75) is 6.18 Å². The van der Waals surface area contributed by atoms with Crippen LogP contribution >= 0.6 is 0 Å². The third-order valence-corrected chi connectivity index (χ3v) is 3.17. The number of hydrogen-bond acceptors (Lipinski definition) is 4. The molecule has 0 aromatic heterocycles. The first-order valence-corrected chi connectivity index (χ1v) is 6.94. The van der Waals surface area contributed by atoms with Crippen molar-refractivity contribution >= 4 is 11.6 Å². The predicted molar refractivity (Wildman–Crippen MR) is 82.6 cm³/mol. The number of halogens is 3. The van der Waals surface area contributed by atoms with Gasteiger partial charge >= 0.3 is 6.18 Å². The summed E-state index contributed by atoms with van der Waals surface area (Å²) in [7, 11) is 3.16. The van der Waals surface area contributed by atoms with E-state index in [2.05, 4.69) is 0 Å². The highest BCUT2D eigenvalue weighted by Crippen LogP contribution is 2.36. The van der Waals surface area contributed by atoms with Gasteiger partial charge in [-0.25, -0.2) is 0 Å². The Bertz CT molecular complexity index is 802. The Balaban J connectivity index is 2.32. The number of non-ortho nitro benzene ring substituents is 1. The largest absolute Gasteiger partial charge is 0.457 e. The molecule has 0 aliphatic carbocycles. The lowest BCUT2D eigenvalue weighted by molar-refractivity contribution is -0.385. The SMILES string of the molecule is CN(C)C(=O)c1ccc(Oc2cc([N+](=O)[O-])cc(C(F)(F)F)c2)cc1. The summed E-state index contributed by atoms with van der Waals surface area (Å²) >= 11 is 0. The van der Waals surface area contributed by atoms with Crippen LogP contribution in [0.2, 0.25) is 0 Å². The number of nitro benzene ring substituents is 1. The fourth-order valence-corrected chi connectivity index (χ4v) is 1.97. The van der Waals surface area contributed by atoms with Crippen molar-refractivity contribution in [1.29, 1.82) is 0 Å². The lowest BCUT2D eigenvalue weighted by Gasteiger charge is -2.12. The minimum Gasteiger partial charge on any atom is -0.457 e. The molecule has 9 heteroatoms. The Morgan fingerprint density at radius 3 is 2.16 bits per heavy atom. The second-order valence-electron chi connectivity index (χ2n) is 5.30. The fourth-order valence-electron chi connectivity index (χ4n) is 1.97. The molecule has 25 heavy (non-hydrogen) atoms. The Morgan fingerprint density at radius 2 is 1.68 bits per heavy atom. The standard InChI is InChI=1S/C16H13F3N2O4/c1-20(2)15(22)10-3-5-13(6-4-10)25-14-8-11(16(17,18)19)7-12(9-14)21(23)24/h3-9H,1-2H3. The van der Waals surface area contributed by atoms with Gasteiger partial charge in [0.25, 0.3) is 11.6 Å². The quantitative estimate of drug-likeness (QED) is 0.612. The first-order chi connectivity index (χ1) is 11.6. The van der Waals surface area contributed by atoms with Crippen molar-refractivity contribution < 1.29 is 27.6 Å². The first-order valence-electron chi connectivity index (χ1n) is 6.94. The molecule has 0 atom stereocenters. The summed E-state index contributed by atoms with van der Waals surface area (Å²) < 4.78 is 43.8. The van der Waals surface area contributed by atoms with Crippen LogP contribution in [0, 0.1) is 10.1 Å². The van der Waals surface area contributed by atoms with Crippen LogP contribution in [0.4, 0.5) is 18.9 Å². The molecule has 0 radical (unpaired) electrons. The summed E-state index contributed by atoms with van der Waals surface area (Å²) in [6.07, 6.45) is -4.74. The van der Waals surface area contributed by atoms with Crippen molar-refractivity contribution in [2.24, 2.45) is 0 Å². The van der Waals surface area contributed by atoms with Crippen LogP contribution in [0.3, 0.4) is 0 Å². The number of rotatable bonds is 4. The summed E-state index contributed by atoms with van der Waals surface area (Å²) in [5, 5.41) is 10.8. The number of carbonyl (C=O) groups excluding carboxylic acids is 1. The van der Waals surface area contributed by atoms with Crippen molar-refractivity contribution in [1.82, 2.24) is 4.90 Å². The first kappa shape index (κ1) is 18.2. The van der Waals surface area contributed by atoms with Gasteiger partial charge < -0.3 is 9.64 Å². The molecule has 1 amide bonds. The Labute approximate surface area is 140 Å². The van der Waals surface area contributed by atoms with Gasteiger partial charge in [0.15, 0.2) is 0 Å². The summed E-state index contributed by atoms with van der Waals surface area (Å²) in [5.41, 5.74) is -1.55. The second-order valence-corrected chi connectivity index (χ2v) is 5.30. The van der Waals surface area contributed by atoms with E-state index in [1.54, 1.807) is 14.1 Å². The molecule has 2 rings (SSSR count). The van der Waals surface area contributed by atoms with E-state index in [4.69, 9.17) is 4.74 Å². The van der Waals surface area contributed by atoms with E-state index in [-0.39, 0.29) is 17.4 Å². The van der Waals surface area contributed by atoms with Gasteiger partial charge in [-0.1, -0.05) is 0 Å². The third kappa shape index (κ3) is 4.46. The Kier molecular flexibility index (Phi) is 4.96. The average molecular weight is 354 g/mol. The van der Waals surface area contributed by atoms with Crippen LogP contribution in [-0.4, -0.2) is 29.8 Å². The molecular formula is C16H13F3N2O4. The van der Waals surface area contributed by atoms with E-state index in [1.807, 2.05) is 0 Å². The van der Waals surface area contributed by atoms with Gasteiger partial charge in [-0.2, -0.15) is 13.2 Å². The lowest BCUT2D eigenvalue weighted by atomic mass is 10.1. The third-order valence-electron chi connectivity index (χ3n) is 3.17. The zero-order valence-corrected chi connectivity index (χ0v) is 13.2. The maximum absolute atomic E-state index is 12.8. The molecule has 0 fully saturated rings. The highest BCUT2D eigenvalue weighted by molar-refractivity contribution is 5.93. The van der Waals surface area contributed by atoms with Crippen LogP contribution in [0.25, 0.3) is 0 Å². The van der Waals surface area contributed by atoms with Crippen LogP contribution < -0.4 is 4.74 Å². The number of nitro groups is 1. The van der Waals surface area contributed by atoms with E-state index < -0.39 is 22.4 Å². The Hall–Kier alpha value is -3.10. The van der Waals surface area contributed by atoms with Crippen LogP contribution in [-0.2, 0) is 6.18 Å². The highest BCUT2D eigenvalue weighted by atomic mass is 19.4. The minimum absolute atomic E-state index is 0.143. The molecule has 0 aliphatic rings. The fraction of sp³-hybridized carbons (Fsp3) is 0.188. The zero-order chi connectivity index (χ0) is 18.8. The van der Waals surface area contributed by atoms with Gasteiger partial charge in [0, 0.05) is 25.7 Å². The van der Waals surface area contributed by atoms with Gasteiger partial charge in [-0.05, 0) is 30.3 Å². The van der Waals surface area contributed by atoms with E-state index in [0.717, 1.165) is 6.07 Å². The van der Waals surface area contributed by atoms with E-state index in [0.29, 0.717) is 17.7 Å². The molecule has 132 valence electrons. The van der Waals surface area contributed by atoms with Crippen LogP contribution in [0.1, 0.15) is 15.9 Å². The van der Waals surface area contributed by atoms with Crippen molar-refractivity contribution in [3.8, 4) is 11.5 Å². The van der Waals surface area contributed by atoms with Gasteiger partial charge in [0.1, 0.15) is 11.5 Å². The average Bonchev–Trinajstić information content (AvgIpc) is 2.53. The predicted octanol–water partition coefficient (Wildman–Crippen LogP) is 4.11. The molecule has 0 bridgehead atoms. The van der Waals surface area contributed by atoms with Gasteiger partial charge in [-0.15, -0.1) is 0 Å². The van der Waals surface area contributed by atoms with Crippen molar-refractivity contribution in [2.75, 3.05) is 14.1 Å². The molecule has 0 aliphatic heterocycles. The highest BCUT2D eigenvalue weighted by Gasteiger charge is 2.33. The lowest BCUT2D eigenvalue weighted by Crippen LogP contribution is -2.21. The Morgan fingerprint density at radius 1 is 1.08 bits per heavy atom. The van der Waals surface area contributed by atoms with E-state index >= 15 is 0 Å². The van der Waals surface area contributed by atoms with E-state index in [1.165, 1.54) is 29.2 Å². The van der Waals surface area contributed by atoms with Crippen molar-refractivity contribution in [3.05, 3.63) is 63.7 Å². The number of ether oxygens (including phenoxy) is 1.